The van der Waals surface area contributed by atoms with E-state index in [-0.39, 0.29) is 64.7 Å². The molecule has 42 heavy (non-hydrogen) atoms. The number of aromatic nitrogens is 1. The van der Waals surface area contributed by atoms with Gasteiger partial charge in [-0.1, -0.05) is 29.0 Å². The molecular formula is C30H27ClN2O7S2. The Kier molecular flexibility index (Phi) is 6.86. The number of anilines is 1. The Bertz CT molecular complexity index is 1650. The lowest BCUT2D eigenvalue weighted by atomic mass is 9.68. The highest BCUT2D eigenvalue weighted by molar-refractivity contribution is 8.00. The molecule has 3 heterocycles. The van der Waals surface area contributed by atoms with Crippen LogP contribution >= 0.6 is 34.7 Å². The van der Waals surface area contributed by atoms with Crippen molar-refractivity contribution in [3.8, 4) is 11.5 Å². The average molecular weight is 627 g/mol. The number of aromatic amines is 1. The van der Waals surface area contributed by atoms with Crippen molar-refractivity contribution in [2.45, 2.75) is 29.5 Å². The zero-order valence-electron chi connectivity index (χ0n) is 22.7. The quantitative estimate of drug-likeness (QED) is 0.296. The molecule has 218 valence electrons. The van der Waals surface area contributed by atoms with E-state index in [0.29, 0.717) is 22.2 Å². The highest BCUT2D eigenvalue weighted by atomic mass is 35.5. The largest absolute Gasteiger partial charge is 0.493 e. The maximum atomic E-state index is 13.9. The summed E-state index contributed by atoms with van der Waals surface area (Å²) < 4.78 is 16.3. The van der Waals surface area contributed by atoms with Crippen LogP contribution in [-0.4, -0.2) is 48.3 Å². The first kappa shape index (κ1) is 27.5. The maximum Gasteiger partial charge on any atom is 0.344 e. The molecule has 0 spiro atoms. The minimum absolute atomic E-state index is 0.0110. The van der Waals surface area contributed by atoms with Crippen molar-refractivity contribution in [1.29, 1.82) is 0 Å². The van der Waals surface area contributed by atoms with Gasteiger partial charge in [0.1, 0.15) is 0 Å². The number of thiazole rings is 1. The third-order valence-electron chi connectivity index (χ3n) is 9.01. The molecule has 2 bridgehead atoms. The summed E-state index contributed by atoms with van der Waals surface area (Å²) in [6.07, 6.45) is 0.789. The van der Waals surface area contributed by atoms with Crippen LogP contribution < -0.4 is 19.2 Å². The second-order valence-electron chi connectivity index (χ2n) is 11.0. The number of carbonyl (C=O) groups is 3. The Morgan fingerprint density at radius 2 is 1.79 bits per heavy atom. The first-order chi connectivity index (χ1) is 20.3. The Balaban J connectivity index is 1.25. The van der Waals surface area contributed by atoms with Crippen LogP contribution in [0.4, 0.5) is 5.69 Å². The Morgan fingerprint density at radius 3 is 2.50 bits per heavy atom. The van der Waals surface area contributed by atoms with E-state index in [1.54, 1.807) is 49.0 Å². The van der Waals surface area contributed by atoms with Crippen LogP contribution in [-0.2, 0) is 19.1 Å². The SMILES string of the molecule is CCOC(=O)COc1ccc([C@@H]2c3sc(=O)[nH]c3S[C@@H]3[C@@H]4C[C@@H]([C@@H]5C(=O)N(c6ccc(Cl)cc6)C(=O)[C@@H]45)[C@H]23)cc1OC. The number of esters is 1. The summed E-state index contributed by atoms with van der Waals surface area (Å²) in [6, 6.07) is 12.4. The normalized spacial score (nSPS) is 28.8. The number of amides is 2. The molecule has 2 amide bonds. The third-order valence-corrected chi connectivity index (χ3v) is 11.8. The number of nitrogens with zero attached hydrogens (tertiary/aromatic N) is 1. The zero-order chi connectivity index (χ0) is 29.3. The number of benzene rings is 2. The van der Waals surface area contributed by atoms with Gasteiger partial charge in [-0.05, 0) is 73.1 Å². The number of imide groups is 1. The van der Waals surface area contributed by atoms with Crippen LogP contribution in [0.3, 0.4) is 0 Å². The van der Waals surface area contributed by atoms with Crippen LogP contribution in [0, 0.1) is 29.6 Å². The number of hydrogen-bond acceptors (Lipinski definition) is 9. The van der Waals surface area contributed by atoms with Crippen molar-refractivity contribution in [2.75, 3.05) is 25.2 Å². The van der Waals surface area contributed by atoms with E-state index in [4.69, 9.17) is 25.8 Å². The number of H-pyrrole nitrogens is 1. The van der Waals surface area contributed by atoms with E-state index in [1.165, 1.54) is 23.3 Å². The van der Waals surface area contributed by atoms with E-state index in [1.807, 2.05) is 12.1 Å². The molecule has 1 N–H and O–H groups in total. The van der Waals surface area contributed by atoms with E-state index in [9.17, 15) is 19.2 Å². The van der Waals surface area contributed by atoms with Crippen LogP contribution in [0.1, 0.15) is 29.7 Å². The van der Waals surface area contributed by atoms with Crippen molar-refractivity contribution in [3.05, 3.63) is 67.6 Å². The number of hydrogen-bond donors (Lipinski definition) is 1. The third kappa shape index (κ3) is 4.19. The van der Waals surface area contributed by atoms with Gasteiger partial charge in [-0.15, -0.1) is 11.8 Å². The van der Waals surface area contributed by atoms with Crippen molar-refractivity contribution in [3.63, 3.8) is 0 Å². The van der Waals surface area contributed by atoms with E-state index >= 15 is 0 Å². The van der Waals surface area contributed by atoms with Crippen molar-refractivity contribution in [2.24, 2.45) is 29.6 Å². The average Bonchev–Trinajstić information content (AvgIpc) is 3.71. The zero-order valence-corrected chi connectivity index (χ0v) is 25.1. The molecule has 9 nitrogen and oxygen atoms in total. The Hall–Kier alpha value is -3.28. The van der Waals surface area contributed by atoms with Gasteiger partial charge < -0.3 is 19.2 Å². The molecule has 3 aromatic rings. The fourth-order valence-corrected chi connectivity index (χ4v) is 10.6. The van der Waals surface area contributed by atoms with Crippen molar-refractivity contribution < 1.29 is 28.6 Å². The summed E-state index contributed by atoms with van der Waals surface area (Å²) in [5, 5.41) is 1.43. The van der Waals surface area contributed by atoms with Gasteiger partial charge in [-0.3, -0.25) is 19.3 Å². The summed E-state index contributed by atoms with van der Waals surface area (Å²) in [4.78, 5) is 57.3. The molecule has 7 atom stereocenters. The number of fused-ring (bicyclic) bond motifs is 9. The number of thioether (sulfide) groups is 1. The second-order valence-corrected chi connectivity index (χ2v) is 13.6. The smallest absolute Gasteiger partial charge is 0.344 e. The van der Waals surface area contributed by atoms with Gasteiger partial charge >= 0.3 is 10.8 Å². The van der Waals surface area contributed by atoms with E-state index in [0.717, 1.165) is 21.9 Å². The minimum atomic E-state index is -0.475. The minimum Gasteiger partial charge on any atom is -0.493 e. The fourth-order valence-electron chi connectivity index (χ4n) is 7.57. The molecule has 3 fully saturated rings. The summed E-state index contributed by atoms with van der Waals surface area (Å²) in [5.74, 6) is -0.854. The predicted octanol–water partition coefficient (Wildman–Crippen LogP) is 4.72. The summed E-state index contributed by atoms with van der Waals surface area (Å²) >= 11 is 8.90. The molecule has 2 aliphatic heterocycles. The first-order valence-electron chi connectivity index (χ1n) is 13.8. The van der Waals surface area contributed by atoms with Gasteiger partial charge in [-0.25, -0.2) is 4.79 Å². The molecule has 0 unspecified atom stereocenters. The van der Waals surface area contributed by atoms with Gasteiger partial charge in [0.25, 0.3) is 0 Å². The lowest BCUT2D eigenvalue weighted by Gasteiger charge is -2.43. The molecule has 0 radical (unpaired) electrons. The second kappa shape index (κ2) is 10.5. The van der Waals surface area contributed by atoms with E-state index < -0.39 is 11.9 Å². The highest BCUT2D eigenvalue weighted by Gasteiger charge is 2.69. The molecule has 7 rings (SSSR count). The van der Waals surface area contributed by atoms with Gasteiger partial charge in [0.05, 0.1) is 36.3 Å². The van der Waals surface area contributed by atoms with Crippen molar-refractivity contribution >= 4 is 58.2 Å². The fraction of sp³-hybridized carbons (Fsp3) is 0.400. The Labute approximate surface area is 254 Å². The van der Waals surface area contributed by atoms with Crippen LogP contribution in [0.5, 0.6) is 11.5 Å². The number of methoxy groups -OCH3 is 1. The molecule has 2 aliphatic carbocycles. The number of carbonyl (C=O) groups excluding carboxylic acids is 3. The molecule has 1 saturated heterocycles. The predicted molar refractivity (Wildman–Crippen MR) is 158 cm³/mol. The first-order valence-corrected chi connectivity index (χ1v) is 15.9. The summed E-state index contributed by atoms with van der Waals surface area (Å²) in [5.41, 5.74) is 1.47. The Morgan fingerprint density at radius 1 is 1.05 bits per heavy atom. The monoisotopic (exact) mass is 626 g/mol. The van der Waals surface area contributed by atoms with Gasteiger partial charge in [0.15, 0.2) is 18.1 Å². The number of ether oxygens (including phenoxy) is 3. The van der Waals surface area contributed by atoms with Crippen LogP contribution in [0.25, 0.3) is 0 Å². The maximum absolute atomic E-state index is 13.9. The molecule has 2 aromatic carbocycles. The van der Waals surface area contributed by atoms with Crippen LogP contribution in [0.15, 0.2) is 52.3 Å². The molecule has 1 aromatic heterocycles. The molecular weight excluding hydrogens is 600 g/mol. The number of nitrogens with one attached hydrogen (secondary N) is 1. The molecule has 4 aliphatic rings. The van der Waals surface area contributed by atoms with Crippen molar-refractivity contribution in [1.82, 2.24) is 4.98 Å². The number of halogens is 1. The molecule has 12 heteroatoms. The van der Waals surface area contributed by atoms with Gasteiger partial charge in [0, 0.05) is 21.1 Å². The van der Waals surface area contributed by atoms with Crippen LogP contribution in [0.2, 0.25) is 5.02 Å². The van der Waals surface area contributed by atoms with Gasteiger partial charge in [0.2, 0.25) is 11.8 Å². The standard InChI is InChI=1S/C30H27ClN2O7S2/c1-3-39-20(34)12-40-18-9-4-13(10-19(18)38-2)21-22-16-11-17(25(22)41-27-26(21)42-30(37)32-27)24-23(16)28(35)33(29(24)36)15-7-5-14(31)6-8-15/h4-10,16-17,21-25H,3,11-12H2,1-2H3,(H,32,37)/t16-,17-,21+,22-,23+,24+,25-/m1/s1. The van der Waals surface area contributed by atoms with Gasteiger partial charge in [-0.2, -0.15) is 0 Å². The summed E-state index contributed by atoms with van der Waals surface area (Å²) in [6.45, 7) is 1.75. The van der Waals surface area contributed by atoms with E-state index in [2.05, 4.69) is 4.98 Å². The highest BCUT2D eigenvalue weighted by Crippen LogP contribution is 2.68. The lowest BCUT2D eigenvalue weighted by molar-refractivity contribution is -0.145. The number of rotatable bonds is 7. The summed E-state index contributed by atoms with van der Waals surface area (Å²) in [7, 11) is 1.53. The molecule has 2 saturated carbocycles. The topological polar surface area (TPSA) is 115 Å². The lowest BCUT2D eigenvalue weighted by Crippen LogP contribution is -2.42.